The van der Waals surface area contributed by atoms with Crippen molar-refractivity contribution in [3.63, 3.8) is 0 Å². The molecule has 14 heteroatoms. The zero-order valence-corrected chi connectivity index (χ0v) is 15.7. The van der Waals surface area contributed by atoms with Crippen molar-refractivity contribution in [2.24, 2.45) is 0 Å². The van der Waals surface area contributed by atoms with Crippen molar-refractivity contribution in [3.8, 4) is 0 Å². The Labute approximate surface area is 159 Å². The monoisotopic (exact) mass is 442 g/mol. The van der Waals surface area contributed by atoms with Gasteiger partial charge < -0.3 is 0 Å². The summed E-state index contributed by atoms with van der Waals surface area (Å²) in [5.74, 6) is -5.73. The van der Waals surface area contributed by atoms with Crippen molar-refractivity contribution in [1.82, 2.24) is 14.7 Å². The van der Waals surface area contributed by atoms with Gasteiger partial charge in [0.25, 0.3) is 10.0 Å². The molecule has 28 heavy (non-hydrogen) atoms. The highest BCUT2D eigenvalue weighted by Crippen LogP contribution is 2.38. The number of aryl methyl sites for hydroxylation is 2. The highest BCUT2D eigenvalue weighted by molar-refractivity contribution is 7.92. The summed E-state index contributed by atoms with van der Waals surface area (Å²) in [6.07, 6.45) is -5.64. The molecule has 0 saturated carbocycles. The zero-order chi connectivity index (χ0) is 21.3. The molecule has 0 bridgehead atoms. The molecule has 0 fully saturated rings. The molecule has 0 radical (unpaired) electrons. The predicted octanol–water partition coefficient (Wildman–Crippen LogP) is 3.84. The average Bonchev–Trinajstić information content (AvgIpc) is 3.01. The molecule has 0 aliphatic heterocycles. The minimum absolute atomic E-state index is 0.231. The zero-order valence-electron chi connectivity index (χ0n) is 14.1. The Hall–Kier alpha value is -2.61. The van der Waals surface area contributed by atoms with Crippen LogP contribution < -0.4 is 10.0 Å². The number of hydrogen-bond acceptors (Lipinski definition) is 6. The number of aromatic nitrogens is 2. The van der Waals surface area contributed by atoms with Crippen molar-refractivity contribution in [3.05, 3.63) is 40.3 Å². The van der Waals surface area contributed by atoms with Gasteiger partial charge in [0.15, 0.2) is 10.0 Å². The molecule has 0 spiro atoms. The topological polar surface area (TPSA) is 101 Å². The molecule has 0 aliphatic rings. The Morgan fingerprint density at radius 3 is 2.25 bits per heavy atom. The van der Waals surface area contributed by atoms with Crippen LogP contribution >= 0.6 is 11.3 Å². The summed E-state index contributed by atoms with van der Waals surface area (Å²) >= 11 is 0.296. The third-order valence-electron chi connectivity index (χ3n) is 2.99. The molecular weight excluding hydrogens is 431 g/mol. The van der Waals surface area contributed by atoms with Gasteiger partial charge in [0.1, 0.15) is 0 Å². The minimum Gasteiger partial charge on any atom is -0.275 e. The van der Waals surface area contributed by atoms with E-state index in [2.05, 4.69) is 9.97 Å². The first-order chi connectivity index (χ1) is 12.8. The Morgan fingerprint density at radius 2 is 1.71 bits per heavy atom. The van der Waals surface area contributed by atoms with E-state index in [0.717, 1.165) is 5.38 Å². The van der Waals surface area contributed by atoms with E-state index in [-0.39, 0.29) is 5.95 Å². The highest BCUT2D eigenvalue weighted by atomic mass is 32.2. The number of amides is 2. The van der Waals surface area contributed by atoms with Crippen LogP contribution in [0.3, 0.4) is 0 Å². The number of anilines is 1. The molecule has 7 nitrogen and oxygen atoms in total. The SMILES string of the molecule is Cc1cc(C)nc(NC(=O)NS(=O)(=O)c2sccc2/C(F)=C(/F)C(F)(F)F)n1. The molecule has 0 atom stereocenters. The van der Waals surface area contributed by atoms with Gasteiger partial charge in [-0.05, 0) is 31.4 Å². The van der Waals surface area contributed by atoms with Gasteiger partial charge in [-0.15, -0.1) is 11.3 Å². The average molecular weight is 442 g/mol. The fourth-order valence-electron chi connectivity index (χ4n) is 1.99. The molecule has 0 unspecified atom stereocenters. The summed E-state index contributed by atoms with van der Waals surface area (Å²) in [6, 6.07) is 0.886. The van der Waals surface area contributed by atoms with Gasteiger partial charge in [0, 0.05) is 17.0 Å². The van der Waals surface area contributed by atoms with E-state index in [4.69, 9.17) is 0 Å². The van der Waals surface area contributed by atoms with Gasteiger partial charge in [-0.3, -0.25) is 5.32 Å². The molecule has 2 aromatic heterocycles. The van der Waals surface area contributed by atoms with Crippen LogP contribution in [0, 0.1) is 13.8 Å². The van der Waals surface area contributed by atoms with Crippen LogP contribution in [0.25, 0.3) is 5.83 Å². The molecule has 0 aliphatic carbocycles. The van der Waals surface area contributed by atoms with E-state index in [1.165, 1.54) is 4.72 Å². The number of urea groups is 1. The van der Waals surface area contributed by atoms with E-state index in [1.54, 1.807) is 19.9 Å². The molecule has 2 heterocycles. The lowest BCUT2D eigenvalue weighted by Crippen LogP contribution is -2.35. The van der Waals surface area contributed by atoms with Crippen LogP contribution in [-0.4, -0.2) is 30.6 Å². The summed E-state index contributed by atoms with van der Waals surface area (Å²) < 4.78 is 88.8. The second kappa shape index (κ2) is 7.79. The summed E-state index contributed by atoms with van der Waals surface area (Å²) in [4.78, 5) is 19.6. The maximum absolute atomic E-state index is 13.8. The number of rotatable bonds is 4. The molecule has 2 rings (SSSR count). The van der Waals surface area contributed by atoms with E-state index in [9.17, 15) is 35.2 Å². The molecule has 2 aromatic rings. The van der Waals surface area contributed by atoms with Crippen LogP contribution in [0.1, 0.15) is 17.0 Å². The molecule has 2 amide bonds. The second-order valence-corrected chi connectivity index (χ2v) is 8.08. The lowest BCUT2D eigenvalue weighted by atomic mass is 10.2. The number of nitrogens with zero attached hydrogens (tertiary/aromatic N) is 2. The van der Waals surface area contributed by atoms with Crippen LogP contribution in [0.5, 0.6) is 0 Å². The van der Waals surface area contributed by atoms with Crippen molar-refractivity contribution < 1.29 is 35.2 Å². The maximum atomic E-state index is 13.8. The predicted molar refractivity (Wildman–Crippen MR) is 90.4 cm³/mol. The van der Waals surface area contributed by atoms with Crippen LogP contribution in [0.4, 0.5) is 32.7 Å². The highest BCUT2D eigenvalue weighted by Gasteiger charge is 2.40. The normalized spacial score (nSPS) is 13.1. The van der Waals surface area contributed by atoms with Gasteiger partial charge in [0.2, 0.25) is 11.8 Å². The van der Waals surface area contributed by atoms with E-state index in [1.807, 2.05) is 5.32 Å². The van der Waals surface area contributed by atoms with Crippen LogP contribution in [-0.2, 0) is 10.0 Å². The van der Waals surface area contributed by atoms with Gasteiger partial charge in [-0.2, -0.15) is 17.6 Å². The number of halogens is 5. The Balaban J connectivity index is 2.29. The number of thiophene rings is 1. The lowest BCUT2D eigenvalue weighted by molar-refractivity contribution is -0.108. The van der Waals surface area contributed by atoms with Gasteiger partial charge in [0.05, 0.1) is 0 Å². The van der Waals surface area contributed by atoms with Crippen molar-refractivity contribution in [2.75, 3.05) is 5.32 Å². The standard InChI is InChI=1S/C14H11F5N4O3S2/c1-6-5-7(2)21-12(20-6)22-13(24)23-28(25,26)11-8(3-4-27-11)9(15)10(16)14(17,18)19/h3-5H,1-2H3,(H2,20,21,22,23,24)/b10-9-. The molecule has 0 aromatic carbocycles. The number of carbonyl (C=O) groups excluding carboxylic acids is 1. The molecule has 152 valence electrons. The quantitative estimate of drug-likeness (QED) is 0.701. The second-order valence-electron chi connectivity index (χ2n) is 5.28. The number of carbonyl (C=O) groups is 1. The summed E-state index contributed by atoms with van der Waals surface area (Å²) in [6.45, 7) is 3.19. The largest absolute Gasteiger partial charge is 0.445 e. The number of hydrogen-bond donors (Lipinski definition) is 2. The first kappa shape index (κ1) is 21.7. The van der Waals surface area contributed by atoms with E-state index < -0.39 is 43.7 Å². The first-order valence-electron chi connectivity index (χ1n) is 7.17. The number of alkyl halides is 3. The van der Waals surface area contributed by atoms with Gasteiger partial charge in [-0.1, -0.05) is 0 Å². The molecular formula is C14H11F5N4O3S2. The van der Waals surface area contributed by atoms with Crippen LogP contribution in [0.15, 0.2) is 27.5 Å². The maximum Gasteiger partial charge on any atom is 0.445 e. The van der Waals surface area contributed by atoms with E-state index >= 15 is 0 Å². The minimum atomic E-state index is -5.64. The Bertz CT molecular complexity index is 1030. The number of sulfonamides is 1. The van der Waals surface area contributed by atoms with Crippen molar-refractivity contribution >= 4 is 39.2 Å². The summed E-state index contributed by atoms with van der Waals surface area (Å²) in [7, 11) is -4.82. The van der Waals surface area contributed by atoms with Crippen molar-refractivity contribution in [1.29, 1.82) is 0 Å². The third kappa shape index (κ3) is 5.01. The fourth-order valence-corrected chi connectivity index (χ4v) is 4.23. The Morgan fingerprint density at radius 1 is 1.14 bits per heavy atom. The summed E-state index contributed by atoms with van der Waals surface area (Å²) in [5, 5.41) is 2.96. The van der Waals surface area contributed by atoms with Gasteiger partial charge >= 0.3 is 12.2 Å². The number of nitrogens with one attached hydrogen (secondary N) is 2. The van der Waals surface area contributed by atoms with Crippen molar-refractivity contribution in [2.45, 2.75) is 24.2 Å². The molecule has 0 saturated heterocycles. The van der Waals surface area contributed by atoms with E-state index in [0.29, 0.717) is 28.8 Å². The summed E-state index contributed by atoms with van der Waals surface area (Å²) in [5.41, 5.74) is -0.218. The first-order valence-corrected chi connectivity index (χ1v) is 9.54. The third-order valence-corrected chi connectivity index (χ3v) is 5.80. The lowest BCUT2D eigenvalue weighted by Gasteiger charge is -2.09. The fraction of sp³-hybridized carbons (Fsp3) is 0.214. The molecule has 2 N–H and O–H groups in total. The van der Waals surface area contributed by atoms with Gasteiger partial charge in [-0.25, -0.2) is 32.3 Å². The smallest absolute Gasteiger partial charge is 0.275 e. The van der Waals surface area contributed by atoms with Crippen LogP contribution in [0.2, 0.25) is 0 Å². The number of allylic oxidation sites excluding steroid dienone is 1. The Kier molecular flexibility index (Phi) is 6.03.